The highest BCUT2D eigenvalue weighted by Gasteiger charge is 2.68. The number of aliphatic hydroxyl groups excluding tert-OH is 18. The van der Waals surface area contributed by atoms with Crippen molar-refractivity contribution in [1.82, 2.24) is 0 Å². The van der Waals surface area contributed by atoms with Crippen LogP contribution in [0.25, 0.3) is 0 Å². The van der Waals surface area contributed by atoms with Gasteiger partial charge in [0.2, 0.25) is 0 Å². The molecule has 0 bridgehead atoms. The molecule has 11 aliphatic rings. The lowest BCUT2D eigenvalue weighted by atomic mass is 9.47. The maximum atomic E-state index is 12.6. The van der Waals surface area contributed by atoms with Gasteiger partial charge in [0.25, 0.3) is 0 Å². The van der Waals surface area contributed by atoms with E-state index in [0.29, 0.717) is 38.0 Å². The third-order valence-electron chi connectivity index (χ3n) is 23.7. The molecule has 11 rings (SSSR count). The van der Waals surface area contributed by atoms with Crippen LogP contribution in [0.5, 0.6) is 0 Å². The highest BCUT2D eigenvalue weighted by molar-refractivity contribution is 5.26. The second-order valence-electron chi connectivity index (χ2n) is 29.4. The highest BCUT2D eigenvalue weighted by atomic mass is 16.8. The average molecular weight is 1370 g/mol. The van der Waals surface area contributed by atoms with Crippen molar-refractivity contribution in [3.8, 4) is 0 Å². The predicted octanol–water partition coefficient (Wildman–Crippen LogP) is -6.33. The average Bonchev–Trinajstić information content (AvgIpc) is 1.56. The normalized spacial score (nSPS) is 55.2. The summed E-state index contributed by atoms with van der Waals surface area (Å²) in [6.45, 7) is 8.42. The van der Waals surface area contributed by atoms with Gasteiger partial charge in [0.15, 0.2) is 43.5 Å². The van der Waals surface area contributed by atoms with Gasteiger partial charge in [-0.25, -0.2) is 0 Å². The Labute approximate surface area is 549 Å². The predicted molar refractivity (Wildman–Crippen MR) is 314 cm³/mol. The number of ether oxygens (including phenoxy) is 13. The van der Waals surface area contributed by atoms with Gasteiger partial charge in [-0.15, -0.1) is 0 Å². The van der Waals surface area contributed by atoms with E-state index in [2.05, 4.69) is 26.8 Å². The second kappa shape index (κ2) is 29.7. The molecule has 7 heterocycles. The molecule has 19 N–H and O–H groups in total. The van der Waals surface area contributed by atoms with Crippen LogP contribution in [0.3, 0.4) is 0 Å². The zero-order valence-electron chi connectivity index (χ0n) is 54.2. The Morgan fingerprint density at radius 3 is 1.64 bits per heavy atom. The van der Waals surface area contributed by atoms with Crippen LogP contribution < -0.4 is 0 Å². The van der Waals surface area contributed by atoms with E-state index in [1.54, 1.807) is 0 Å². The third kappa shape index (κ3) is 13.9. The van der Waals surface area contributed by atoms with Crippen LogP contribution in [-0.4, -0.2) is 332 Å². The molecule has 548 valence electrons. The molecule has 41 atom stereocenters. The van der Waals surface area contributed by atoms with E-state index in [0.717, 1.165) is 31.3 Å². The van der Waals surface area contributed by atoms with Crippen molar-refractivity contribution in [2.45, 2.75) is 302 Å². The van der Waals surface area contributed by atoms with Gasteiger partial charge in [0, 0.05) is 12.3 Å². The van der Waals surface area contributed by atoms with Crippen molar-refractivity contribution in [3.05, 3.63) is 11.6 Å². The van der Waals surface area contributed by atoms with Crippen molar-refractivity contribution in [3.63, 3.8) is 0 Å². The zero-order chi connectivity index (χ0) is 68.8. The molecule has 0 aromatic heterocycles. The monoisotopic (exact) mass is 1370 g/mol. The quantitative estimate of drug-likeness (QED) is 0.0504. The van der Waals surface area contributed by atoms with Crippen LogP contribution in [0.1, 0.15) is 99.3 Å². The van der Waals surface area contributed by atoms with Crippen LogP contribution in [0.4, 0.5) is 0 Å². The molecule has 95 heavy (non-hydrogen) atoms. The van der Waals surface area contributed by atoms with E-state index >= 15 is 0 Å². The minimum Gasteiger partial charge on any atom is -0.394 e. The van der Waals surface area contributed by atoms with Crippen molar-refractivity contribution < 1.29 is 159 Å². The van der Waals surface area contributed by atoms with Crippen LogP contribution in [0, 0.1) is 46.3 Å². The molecule has 0 spiro atoms. The van der Waals surface area contributed by atoms with Crippen molar-refractivity contribution in [2.24, 2.45) is 46.3 Å². The summed E-state index contributed by atoms with van der Waals surface area (Å²) in [5, 5.41) is 206. The second-order valence-corrected chi connectivity index (χ2v) is 29.4. The Hall–Kier alpha value is -1.54. The lowest BCUT2D eigenvalue weighted by Crippen LogP contribution is -2.68. The molecule has 7 aliphatic heterocycles. The molecule has 0 radical (unpaired) electrons. The van der Waals surface area contributed by atoms with Crippen molar-refractivity contribution in [2.75, 3.05) is 33.0 Å². The molecular formula is C63H104O32. The summed E-state index contributed by atoms with van der Waals surface area (Å²) in [4.78, 5) is 0. The largest absolute Gasteiger partial charge is 0.394 e. The fourth-order valence-corrected chi connectivity index (χ4v) is 17.9. The van der Waals surface area contributed by atoms with Gasteiger partial charge in [0.05, 0.1) is 57.5 Å². The van der Waals surface area contributed by atoms with Crippen molar-refractivity contribution in [1.29, 1.82) is 0 Å². The Kier molecular flexibility index (Phi) is 23.3. The van der Waals surface area contributed by atoms with E-state index in [1.807, 2.05) is 6.92 Å². The van der Waals surface area contributed by atoms with Gasteiger partial charge in [-0.2, -0.15) is 0 Å². The summed E-state index contributed by atoms with van der Waals surface area (Å²) >= 11 is 0. The van der Waals surface area contributed by atoms with Gasteiger partial charge in [-0.1, -0.05) is 39.3 Å². The fraction of sp³-hybridized carbons (Fsp3) is 0.968. The summed E-state index contributed by atoms with van der Waals surface area (Å²) in [6, 6.07) is 0. The van der Waals surface area contributed by atoms with Gasteiger partial charge in [0.1, 0.15) is 134 Å². The minimum absolute atomic E-state index is 0.0809. The molecule has 0 amide bonds. The number of hydrogen-bond donors (Lipinski definition) is 19. The summed E-state index contributed by atoms with van der Waals surface area (Å²) in [5.41, 5.74) is 0.758. The van der Waals surface area contributed by atoms with Gasteiger partial charge < -0.3 is 159 Å². The first-order valence-electron chi connectivity index (χ1n) is 33.8. The third-order valence-corrected chi connectivity index (χ3v) is 23.7. The Bertz CT molecular complexity index is 2540. The summed E-state index contributed by atoms with van der Waals surface area (Å²) in [5.74, 6) is -0.771. The minimum atomic E-state index is -2.04. The summed E-state index contributed by atoms with van der Waals surface area (Å²) < 4.78 is 78.6. The zero-order valence-corrected chi connectivity index (χ0v) is 54.2. The van der Waals surface area contributed by atoms with E-state index in [4.69, 9.17) is 61.6 Å². The first-order chi connectivity index (χ1) is 44.9. The summed E-state index contributed by atoms with van der Waals surface area (Å²) in [6.07, 6.45) is -42.6. The number of rotatable bonds is 20. The van der Waals surface area contributed by atoms with E-state index in [1.165, 1.54) is 13.8 Å². The molecule has 32 nitrogen and oxygen atoms in total. The standard InChI is InChI=1S/C63H104O32/c1-22(21-83-55-45(76)42(73)38(69)32(17-64)87-55)9-14-63(82)23(2)36-31(95-63)16-30-28-8-7-26-15-27(10-12-61(26,5)29(28)11-13-62(30,36)6)86-60-54(94-57-48(79)44(75)51(25(4)85-57)91-58-47(78)43(74)39(70)33(18-65)88-58)49(80)52(35(20-67)90-60)92-59-50(81)53(40(71)34(19-66)89-59)93-56-46(77)41(72)37(68)24(3)84-56/h7,22-25,27-60,64-82H,8-21H2,1-6H3/t22?,23-,24+,25+,27-,28+,29-,30-,31-,32+,33+,34+,35+,36-,37+,38+,39+,40+,41-,42-,43-,44+,45+,46-,47+,48-,49-,50+,51+,52+,53-,54+,55+,56-,57-,58?,59-,60+,61-,62-,63?/m0/s1. The molecule has 3 unspecified atom stereocenters. The number of allylic oxidation sites excluding steroid dienone is 1. The van der Waals surface area contributed by atoms with Gasteiger partial charge >= 0.3 is 0 Å². The topological polar surface area (TPSA) is 504 Å². The Balaban J connectivity index is 0.777. The van der Waals surface area contributed by atoms with Gasteiger partial charge in [-0.05, 0) is 106 Å². The molecule has 3 saturated carbocycles. The molecule has 7 saturated heterocycles. The van der Waals surface area contributed by atoms with Crippen LogP contribution in [-0.2, 0) is 61.6 Å². The van der Waals surface area contributed by atoms with Crippen LogP contribution >= 0.6 is 0 Å². The SMILES string of the molecule is CC(CCC1(O)O[C@H]2C[C@H]3[C@@H]4CC=C5C[C@@H](O[C@@H]6O[C@H](CO)[C@@H](O[C@@H]7O[C@H](CO)[C@@H](O)[C@H](O[C@@H]8O[C@H](C)[C@@H](O)[C@H](O)[C@@H]8O)[C@H]7O)[C@H](O)[C@H]6O[C@@H]6O[C@H](C)[C@@H](OC7O[C@H](CO)[C@@H](O)[C@H](O)[C@H]7O)[C@H](O)[C@@H]6O)CC[C@]5(C)[C@H]4CC[C@]3(C)[C@H]2[C@@H]1C)CO[C@@H]1O[C@H](CO)[C@@H](O)[C@H](O)[C@H]1O. The van der Waals surface area contributed by atoms with Crippen LogP contribution in [0.2, 0.25) is 0 Å². The number of aliphatic hydroxyl groups is 19. The molecule has 0 aromatic rings. The van der Waals surface area contributed by atoms with E-state index in [-0.39, 0.29) is 53.1 Å². The number of fused-ring (bicyclic) bond motifs is 7. The molecule has 0 aromatic carbocycles. The molecular weight excluding hydrogens is 1270 g/mol. The lowest BCUT2D eigenvalue weighted by Gasteiger charge is -2.58. The van der Waals surface area contributed by atoms with Crippen molar-refractivity contribution >= 4 is 0 Å². The molecule has 10 fully saturated rings. The molecule has 4 aliphatic carbocycles. The van der Waals surface area contributed by atoms with Crippen LogP contribution in [0.15, 0.2) is 11.6 Å². The maximum Gasteiger partial charge on any atom is 0.187 e. The Morgan fingerprint density at radius 1 is 0.495 bits per heavy atom. The molecule has 32 heteroatoms. The summed E-state index contributed by atoms with van der Waals surface area (Å²) in [7, 11) is 0. The highest BCUT2D eigenvalue weighted by Crippen LogP contribution is 2.70. The van der Waals surface area contributed by atoms with Gasteiger partial charge in [-0.3, -0.25) is 0 Å². The maximum absolute atomic E-state index is 12.6. The smallest absolute Gasteiger partial charge is 0.187 e. The van der Waals surface area contributed by atoms with E-state index in [9.17, 15) is 97.0 Å². The first-order valence-corrected chi connectivity index (χ1v) is 33.8. The number of hydrogen-bond acceptors (Lipinski definition) is 32. The lowest BCUT2D eigenvalue weighted by molar-refractivity contribution is -0.400. The Morgan fingerprint density at radius 2 is 1.01 bits per heavy atom. The first kappa shape index (κ1) is 74.6. The van der Waals surface area contributed by atoms with E-state index < -0.39 is 223 Å². The fourth-order valence-electron chi connectivity index (χ4n) is 17.9.